The van der Waals surface area contributed by atoms with Crippen LogP contribution >= 0.6 is 0 Å². The molecule has 1 amide bonds. The average molecular weight is 374 g/mol. The number of amides is 1. The molecule has 0 saturated carbocycles. The van der Waals surface area contributed by atoms with Gasteiger partial charge in [-0.15, -0.1) is 0 Å². The number of para-hydroxylation sites is 1. The minimum Gasteiger partial charge on any atom is -0.493 e. The highest BCUT2D eigenvalue weighted by atomic mass is 16.5. The number of aliphatic hydroxyl groups excluding tert-OH is 1. The molecule has 0 bridgehead atoms. The molecule has 0 spiro atoms. The highest BCUT2D eigenvalue weighted by molar-refractivity contribution is 5.79. The number of aliphatic hydroxyl groups is 1. The first-order valence-corrected chi connectivity index (χ1v) is 9.99. The van der Waals surface area contributed by atoms with E-state index >= 15 is 0 Å². The third-order valence-electron chi connectivity index (χ3n) is 6.63. The van der Waals surface area contributed by atoms with Gasteiger partial charge >= 0.3 is 0 Å². The van der Waals surface area contributed by atoms with Gasteiger partial charge in [-0.25, -0.2) is 0 Å². The van der Waals surface area contributed by atoms with Crippen LogP contribution in [-0.4, -0.2) is 80.5 Å². The zero-order valence-electron chi connectivity index (χ0n) is 16.1. The highest BCUT2D eigenvalue weighted by Crippen LogP contribution is 2.49. The van der Waals surface area contributed by atoms with Crippen molar-refractivity contribution in [2.45, 2.75) is 18.8 Å². The number of methoxy groups -OCH3 is 1. The van der Waals surface area contributed by atoms with Gasteiger partial charge in [0.1, 0.15) is 5.75 Å². The Morgan fingerprint density at radius 3 is 2.85 bits per heavy atom. The van der Waals surface area contributed by atoms with Gasteiger partial charge in [-0.2, -0.15) is 0 Å². The fourth-order valence-corrected chi connectivity index (χ4v) is 4.92. The molecule has 6 nitrogen and oxygen atoms in total. The van der Waals surface area contributed by atoms with Gasteiger partial charge in [-0.05, 0) is 37.6 Å². The fourth-order valence-electron chi connectivity index (χ4n) is 4.92. The van der Waals surface area contributed by atoms with Gasteiger partial charge in [0, 0.05) is 38.6 Å². The molecule has 0 aromatic heterocycles. The van der Waals surface area contributed by atoms with Crippen LogP contribution in [0.2, 0.25) is 0 Å². The third-order valence-corrected chi connectivity index (χ3v) is 6.63. The van der Waals surface area contributed by atoms with Crippen LogP contribution in [0.25, 0.3) is 0 Å². The van der Waals surface area contributed by atoms with Crippen molar-refractivity contribution < 1.29 is 19.4 Å². The molecule has 1 aromatic rings. The van der Waals surface area contributed by atoms with Crippen molar-refractivity contribution in [1.29, 1.82) is 0 Å². The normalized spacial score (nSPS) is 28.5. The summed E-state index contributed by atoms with van der Waals surface area (Å²) in [5.41, 5.74) is 0.755. The lowest BCUT2D eigenvalue weighted by Gasteiger charge is -2.37. The number of fused-ring (bicyclic) bond motifs is 3. The lowest BCUT2D eigenvalue weighted by molar-refractivity contribution is -0.136. The Hall–Kier alpha value is -1.63. The van der Waals surface area contributed by atoms with Crippen molar-refractivity contribution in [2.75, 3.05) is 59.7 Å². The predicted octanol–water partition coefficient (Wildman–Crippen LogP) is 1.34. The summed E-state index contributed by atoms with van der Waals surface area (Å²) in [5, 5.41) is 10.2. The van der Waals surface area contributed by atoms with E-state index in [-0.39, 0.29) is 29.8 Å². The second-order valence-corrected chi connectivity index (χ2v) is 8.23. The molecule has 4 rings (SSSR count). The number of ether oxygens (including phenoxy) is 2. The van der Waals surface area contributed by atoms with Crippen molar-refractivity contribution in [1.82, 2.24) is 9.80 Å². The maximum atomic E-state index is 13.2. The number of benzene rings is 1. The monoisotopic (exact) mass is 374 g/mol. The van der Waals surface area contributed by atoms with Crippen molar-refractivity contribution in [3.8, 4) is 5.75 Å². The maximum Gasteiger partial charge on any atom is 0.225 e. The molecule has 0 radical (unpaired) electrons. The Labute approximate surface area is 161 Å². The summed E-state index contributed by atoms with van der Waals surface area (Å²) in [6.07, 6.45) is 1.81. The van der Waals surface area contributed by atoms with Crippen molar-refractivity contribution in [3.05, 3.63) is 29.8 Å². The lowest BCUT2D eigenvalue weighted by Crippen LogP contribution is -2.45. The van der Waals surface area contributed by atoms with Crippen LogP contribution in [0.3, 0.4) is 0 Å². The molecular formula is C21H30N2O4. The number of nitrogens with zero attached hydrogens (tertiary/aromatic N) is 2. The summed E-state index contributed by atoms with van der Waals surface area (Å²) in [6.45, 7) is 5.38. The summed E-state index contributed by atoms with van der Waals surface area (Å²) in [6, 6.07) is 8.04. The Bertz CT molecular complexity index is 674. The van der Waals surface area contributed by atoms with Crippen LogP contribution in [-0.2, 0) is 9.53 Å². The largest absolute Gasteiger partial charge is 0.493 e. The van der Waals surface area contributed by atoms with E-state index in [4.69, 9.17) is 9.47 Å². The van der Waals surface area contributed by atoms with Crippen LogP contribution in [0.4, 0.5) is 0 Å². The maximum absolute atomic E-state index is 13.2. The van der Waals surface area contributed by atoms with E-state index in [1.54, 1.807) is 7.11 Å². The number of carbonyl (C=O) groups excluding carboxylic acids is 1. The van der Waals surface area contributed by atoms with E-state index in [0.717, 1.165) is 50.4 Å². The van der Waals surface area contributed by atoms with E-state index in [1.165, 1.54) is 0 Å². The van der Waals surface area contributed by atoms with E-state index in [9.17, 15) is 9.90 Å². The van der Waals surface area contributed by atoms with Crippen LogP contribution in [0, 0.1) is 11.3 Å². The fraction of sp³-hybridized carbons (Fsp3) is 0.667. The van der Waals surface area contributed by atoms with Gasteiger partial charge in [-0.1, -0.05) is 18.2 Å². The molecule has 3 heterocycles. The zero-order valence-corrected chi connectivity index (χ0v) is 16.1. The van der Waals surface area contributed by atoms with Crippen LogP contribution in [0.1, 0.15) is 24.3 Å². The Morgan fingerprint density at radius 2 is 2.11 bits per heavy atom. The first kappa shape index (κ1) is 18.7. The summed E-state index contributed by atoms with van der Waals surface area (Å²) < 4.78 is 11.1. The van der Waals surface area contributed by atoms with Crippen molar-refractivity contribution in [2.24, 2.45) is 11.3 Å². The van der Waals surface area contributed by atoms with Crippen molar-refractivity contribution >= 4 is 5.91 Å². The molecule has 1 aromatic carbocycles. The number of hydrogen-bond donors (Lipinski definition) is 1. The van der Waals surface area contributed by atoms with Crippen LogP contribution in [0.15, 0.2) is 24.3 Å². The molecule has 0 unspecified atom stereocenters. The van der Waals surface area contributed by atoms with Gasteiger partial charge in [0.15, 0.2) is 0 Å². The van der Waals surface area contributed by atoms with Crippen LogP contribution in [0.5, 0.6) is 5.75 Å². The predicted molar refractivity (Wildman–Crippen MR) is 102 cm³/mol. The Morgan fingerprint density at radius 1 is 1.33 bits per heavy atom. The molecule has 2 atom stereocenters. The Kier molecular flexibility index (Phi) is 5.39. The third kappa shape index (κ3) is 3.46. The van der Waals surface area contributed by atoms with Gasteiger partial charge in [-0.3, -0.25) is 4.79 Å². The standard InChI is InChI=1S/C21H30N2O4/c1-26-11-10-22-8-6-16(7-9-22)20(25)23-12-18-17-4-2-3-5-19(17)27-15-21(18,13-23)14-24/h2-5,16,18,24H,6-15H2,1H3/t18-,21-/m0/s1. The second-order valence-electron chi connectivity index (χ2n) is 8.23. The minimum atomic E-state index is -0.372. The molecule has 27 heavy (non-hydrogen) atoms. The molecule has 2 fully saturated rings. The summed E-state index contributed by atoms with van der Waals surface area (Å²) in [5.74, 6) is 1.39. The molecule has 2 saturated heterocycles. The number of likely N-dealkylation sites (tertiary alicyclic amines) is 2. The zero-order chi connectivity index (χ0) is 18.9. The molecule has 3 aliphatic rings. The molecular weight excluding hydrogens is 344 g/mol. The quantitative estimate of drug-likeness (QED) is 0.843. The second kappa shape index (κ2) is 7.78. The van der Waals surface area contributed by atoms with E-state index in [2.05, 4.69) is 11.0 Å². The number of rotatable bonds is 5. The Balaban J connectivity index is 1.43. The number of hydrogen-bond acceptors (Lipinski definition) is 5. The van der Waals surface area contributed by atoms with E-state index in [1.807, 2.05) is 23.1 Å². The average Bonchev–Trinajstić information content (AvgIpc) is 3.13. The van der Waals surface area contributed by atoms with Crippen LogP contribution < -0.4 is 4.74 Å². The minimum absolute atomic E-state index is 0.0469. The number of carbonyl (C=O) groups is 1. The van der Waals surface area contributed by atoms with Gasteiger partial charge in [0.05, 0.1) is 25.2 Å². The first-order valence-electron chi connectivity index (χ1n) is 9.99. The van der Waals surface area contributed by atoms with Gasteiger partial charge in [0.25, 0.3) is 0 Å². The van der Waals surface area contributed by atoms with E-state index < -0.39 is 0 Å². The number of piperidine rings is 1. The summed E-state index contributed by atoms with van der Waals surface area (Å²) >= 11 is 0. The topological polar surface area (TPSA) is 62.2 Å². The SMILES string of the molecule is COCCN1CCC(C(=O)N2C[C@H]3c4ccccc4OC[C@@]3(CO)C2)CC1. The molecule has 0 aliphatic carbocycles. The molecule has 3 aliphatic heterocycles. The summed E-state index contributed by atoms with van der Waals surface area (Å²) in [4.78, 5) is 17.6. The first-order chi connectivity index (χ1) is 13.2. The highest BCUT2D eigenvalue weighted by Gasteiger charge is 2.52. The van der Waals surface area contributed by atoms with E-state index in [0.29, 0.717) is 19.7 Å². The molecule has 6 heteroatoms. The smallest absolute Gasteiger partial charge is 0.225 e. The lowest BCUT2D eigenvalue weighted by atomic mass is 9.74. The summed E-state index contributed by atoms with van der Waals surface area (Å²) in [7, 11) is 1.72. The van der Waals surface area contributed by atoms with Gasteiger partial charge < -0.3 is 24.4 Å². The molecule has 148 valence electrons. The molecule has 1 N–H and O–H groups in total. The van der Waals surface area contributed by atoms with Crippen molar-refractivity contribution in [3.63, 3.8) is 0 Å². The van der Waals surface area contributed by atoms with Gasteiger partial charge in [0.2, 0.25) is 5.91 Å².